The highest BCUT2D eigenvalue weighted by atomic mass is 16.5. The van der Waals surface area contributed by atoms with Crippen LogP contribution in [0, 0.1) is 20.8 Å². The number of nitrogens with two attached hydrogens (primary N) is 1. The van der Waals surface area contributed by atoms with E-state index in [4.69, 9.17) is 10.5 Å². The minimum absolute atomic E-state index is 0.574. The zero-order chi connectivity index (χ0) is 14.9. The summed E-state index contributed by atoms with van der Waals surface area (Å²) < 4.78 is 5.47. The van der Waals surface area contributed by atoms with Gasteiger partial charge in [-0.2, -0.15) is 0 Å². The average Bonchev–Trinajstić information content (AvgIpc) is 2.42. The Hall–Kier alpha value is -1.80. The molecule has 2 nitrogen and oxygen atoms in total. The number of para-hydroxylation sites is 1. The van der Waals surface area contributed by atoms with Gasteiger partial charge in [0.1, 0.15) is 5.75 Å². The van der Waals surface area contributed by atoms with Crippen LogP contribution in [0.25, 0.3) is 0 Å². The van der Waals surface area contributed by atoms with Gasteiger partial charge >= 0.3 is 0 Å². The molecular formula is C18H23NO. The van der Waals surface area contributed by atoms with Crippen LogP contribution in [-0.2, 0) is 5.54 Å². The number of rotatable bonds is 3. The maximum Gasteiger partial charge on any atom is 0.124 e. The maximum atomic E-state index is 6.68. The summed E-state index contributed by atoms with van der Waals surface area (Å²) in [5, 5.41) is 0. The number of ether oxygens (including phenoxy) is 1. The number of aryl methyl sites for hydroxylation is 3. The van der Waals surface area contributed by atoms with Crippen LogP contribution in [0.3, 0.4) is 0 Å². The normalized spacial score (nSPS) is 13.9. The standard InChI is InChI=1S/C18H23NO/c1-12-10-14(3)16(11-13(12)2)18(4,19)15-8-6-7-9-17(15)20-5/h6-11H,19H2,1-5H3. The molecule has 0 aromatic heterocycles. The number of hydrogen-bond donors (Lipinski definition) is 1. The maximum absolute atomic E-state index is 6.68. The summed E-state index contributed by atoms with van der Waals surface area (Å²) in [5.74, 6) is 0.829. The largest absolute Gasteiger partial charge is 0.496 e. The van der Waals surface area contributed by atoms with Crippen LogP contribution in [0.4, 0.5) is 0 Å². The Morgan fingerprint density at radius 1 is 0.900 bits per heavy atom. The molecule has 20 heavy (non-hydrogen) atoms. The van der Waals surface area contributed by atoms with Crippen LogP contribution in [0.15, 0.2) is 36.4 Å². The first-order valence-electron chi connectivity index (χ1n) is 6.88. The van der Waals surface area contributed by atoms with E-state index >= 15 is 0 Å². The van der Waals surface area contributed by atoms with Crippen molar-refractivity contribution in [1.29, 1.82) is 0 Å². The van der Waals surface area contributed by atoms with Crippen LogP contribution in [0.2, 0.25) is 0 Å². The molecule has 0 aliphatic carbocycles. The lowest BCUT2D eigenvalue weighted by molar-refractivity contribution is 0.398. The van der Waals surface area contributed by atoms with Crippen LogP contribution < -0.4 is 10.5 Å². The smallest absolute Gasteiger partial charge is 0.124 e. The van der Waals surface area contributed by atoms with Gasteiger partial charge in [-0.1, -0.05) is 30.3 Å². The fourth-order valence-corrected chi connectivity index (χ4v) is 2.74. The molecule has 0 heterocycles. The van der Waals surface area contributed by atoms with Crippen molar-refractivity contribution in [3.8, 4) is 5.75 Å². The van der Waals surface area contributed by atoms with Crippen LogP contribution in [0.1, 0.15) is 34.7 Å². The Morgan fingerprint density at radius 2 is 1.50 bits per heavy atom. The predicted octanol–water partition coefficient (Wildman–Crippen LogP) is 3.84. The SMILES string of the molecule is COc1ccccc1C(C)(N)c1cc(C)c(C)cc1C. The van der Waals surface area contributed by atoms with Crippen LogP contribution in [-0.4, -0.2) is 7.11 Å². The first kappa shape index (κ1) is 14.6. The molecule has 0 fully saturated rings. The molecule has 0 amide bonds. The van der Waals surface area contributed by atoms with E-state index in [1.807, 2.05) is 31.2 Å². The monoisotopic (exact) mass is 269 g/mol. The highest BCUT2D eigenvalue weighted by Crippen LogP contribution is 2.35. The molecule has 1 unspecified atom stereocenters. The molecule has 0 bridgehead atoms. The molecule has 2 heteroatoms. The Kier molecular flexibility index (Phi) is 3.87. The third-order valence-electron chi connectivity index (χ3n) is 4.07. The van der Waals surface area contributed by atoms with Crippen molar-refractivity contribution in [3.05, 3.63) is 64.2 Å². The molecule has 0 aliphatic rings. The Labute approximate surface area is 121 Å². The van der Waals surface area contributed by atoms with Gasteiger partial charge in [0.25, 0.3) is 0 Å². The Morgan fingerprint density at radius 3 is 2.15 bits per heavy atom. The molecule has 1 atom stereocenters. The van der Waals surface area contributed by atoms with E-state index in [2.05, 4.69) is 32.9 Å². The zero-order valence-corrected chi connectivity index (χ0v) is 12.9. The third kappa shape index (κ3) is 2.44. The molecule has 2 N–H and O–H groups in total. The topological polar surface area (TPSA) is 35.2 Å². The quantitative estimate of drug-likeness (QED) is 0.918. The summed E-state index contributed by atoms with van der Waals surface area (Å²) in [6, 6.07) is 12.3. The summed E-state index contributed by atoms with van der Waals surface area (Å²) in [7, 11) is 1.68. The third-order valence-corrected chi connectivity index (χ3v) is 4.07. The lowest BCUT2D eigenvalue weighted by atomic mass is 9.81. The van der Waals surface area contributed by atoms with E-state index in [1.54, 1.807) is 7.11 Å². The summed E-state index contributed by atoms with van der Waals surface area (Å²) >= 11 is 0. The second kappa shape index (κ2) is 5.29. The first-order chi connectivity index (χ1) is 9.37. The van der Waals surface area contributed by atoms with Crippen molar-refractivity contribution in [3.63, 3.8) is 0 Å². The molecule has 0 radical (unpaired) electrons. The number of benzene rings is 2. The van der Waals surface area contributed by atoms with Crippen molar-refractivity contribution in [2.24, 2.45) is 5.73 Å². The molecule has 106 valence electrons. The first-order valence-corrected chi connectivity index (χ1v) is 6.88. The summed E-state index contributed by atoms with van der Waals surface area (Å²) in [4.78, 5) is 0. The highest BCUT2D eigenvalue weighted by molar-refractivity contribution is 5.49. The molecule has 2 rings (SSSR count). The van der Waals surface area contributed by atoms with Crippen molar-refractivity contribution >= 4 is 0 Å². The number of methoxy groups -OCH3 is 1. The van der Waals surface area contributed by atoms with Gasteiger partial charge in [-0.25, -0.2) is 0 Å². The second-order valence-electron chi connectivity index (χ2n) is 5.65. The van der Waals surface area contributed by atoms with Gasteiger partial charge in [-0.15, -0.1) is 0 Å². The molecule has 0 saturated carbocycles. The average molecular weight is 269 g/mol. The minimum atomic E-state index is -0.574. The molecular weight excluding hydrogens is 246 g/mol. The van der Waals surface area contributed by atoms with Gasteiger partial charge in [-0.05, 0) is 56.0 Å². The highest BCUT2D eigenvalue weighted by Gasteiger charge is 2.28. The van der Waals surface area contributed by atoms with E-state index in [0.717, 1.165) is 16.9 Å². The van der Waals surface area contributed by atoms with Crippen LogP contribution >= 0.6 is 0 Å². The van der Waals surface area contributed by atoms with Crippen molar-refractivity contribution in [1.82, 2.24) is 0 Å². The number of hydrogen-bond acceptors (Lipinski definition) is 2. The van der Waals surface area contributed by atoms with Crippen molar-refractivity contribution in [2.45, 2.75) is 33.2 Å². The summed E-state index contributed by atoms with van der Waals surface area (Å²) in [6.45, 7) is 8.41. The van der Waals surface area contributed by atoms with Gasteiger partial charge in [0.15, 0.2) is 0 Å². The van der Waals surface area contributed by atoms with Gasteiger partial charge in [0, 0.05) is 5.56 Å². The fraction of sp³-hybridized carbons (Fsp3) is 0.333. The van der Waals surface area contributed by atoms with E-state index in [1.165, 1.54) is 16.7 Å². The predicted molar refractivity (Wildman–Crippen MR) is 84.3 cm³/mol. The van der Waals surface area contributed by atoms with Gasteiger partial charge < -0.3 is 10.5 Å². The van der Waals surface area contributed by atoms with Gasteiger partial charge in [0.2, 0.25) is 0 Å². The Balaban J connectivity index is 2.63. The van der Waals surface area contributed by atoms with E-state index < -0.39 is 5.54 Å². The molecule has 0 saturated heterocycles. The lowest BCUT2D eigenvalue weighted by Gasteiger charge is -2.30. The van der Waals surface area contributed by atoms with E-state index in [-0.39, 0.29) is 0 Å². The minimum Gasteiger partial charge on any atom is -0.496 e. The second-order valence-corrected chi connectivity index (χ2v) is 5.65. The molecule has 2 aromatic carbocycles. The molecule has 2 aromatic rings. The molecule has 0 spiro atoms. The zero-order valence-electron chi connectivity index (χ0n) is 12.9. The summed E-state index contributed by atoms with van der Waals surface area (Å²) in [5.41, 5.74) is 12.0. The summed E-state index contributed by atoms with van der Waals surface area (Å²) in [6.07, 6.45) is 0. The van der Waals surface area contributed by atoms with Gasteiger partial charge in [-0.3, -0.25) is 0 Å². The van der Waals surface area contributed by atoms with Crippen LogP contribution in [0.5, 0.6) is 5.75 Å². The fourth-order valence-electron chi connectivity index (χ4n) is 2.74. The Bertz CT molecular complexity index is 629. The van der Waals surface area contributed by atoms with E-state index in [9.17, 15) is 0 Å². The lowest BCUT2D eigenvalue weighted by Crippen LogP contribution is -2.35. The van der Waals surface area contributed by atoms with Gasteiger partial charge in [0.05, 0.1) is 12.6 Å². The molecule has 0 aliphatic heterocycles. The van der Waals surface area contributed by atoms with Crippen molar-refractivity contribution < 1.29 is 4.74 Å². The van der Waals surface area contributed by atoms with E-state index in [0.29, 0.717) is 0 Å². The van der Waals surface area contributed by atoms with Crippen molar-refractivity contribution in [2.75, 3.05) is 7.11 Å².